The third-order valence-electron chi connectivity index (χ3n) is 3.46. The highest BCUT2D eigenvalue weighted by Gasteiger charge is 2.25. The van der Waals surface area contributed by atoms with E-state index >= 15 is 0 Å². The first kappa shape index (κ1) is 13.9. The van der Waals surface area contributed by atoms with Crippen LogP contribution in [0.25, 0.3) is 0 Å². The van der Waals surface area contributed by atoms with Crippen molar-refractivity contribution in [1.29, 1.82) is 0 Å². The fourth-order valence-corrected chi connectivity index (χ4v) is 3.22. The average molecular weight is 331 g/mol. The lowest BCUT2D eigenvalue weighted by molar-refractivity contribution is -0.129. The van der Waals surface area contributed by atoms with Gasteiger partial charge in [0.05, 0.1) is 6.42 Å². The Morgan fingerprint density at radius 1 is 1.44 bits per heavy atom. The first-order valence-corrected chi connectivity index (χ1v) is 7.78. The number of nitrogens with zero attached hydrogens (tertiary/aromatic N) is 1. The van der Waals surface area contributed by atoms with E-state index in [2.05, 4.69) is 15.9 Å². The van der Waals surface area contributed by atoms with Crippen LogP contribution < -0.4 is 0 Å². The van der Waals surface area contributed by atoms with E-state index in [9.17, 15) is 4.79 Å². The third-order valence-corrected chi connectivity index (χ3v) is 4.28. The van der Waals surface area contributed by atoms with Crippen LogP contribution in [0, 0.1) is 5.92 Å². The lowest BCUT2D eigenvalue weighted by Crippen LogP contribution is -2.30. The molecule has 0 saturated carbocycles. The van der Waals surface area contributed by atoms with Gasteiger partial charge >= 0.3 is 0 Å². The normalized spacial score (nSPS) is 19.2. The molecule has 1 aromatic carbocycles. The van der Waals surface area contributed by atoms with Crippen molar-refractivity contribution >= 4 is 33.4 Å². The molecule has 1 aliphatic heterocycles. The van der Waals surface area contributed by atoms with Gasteiger partial charge in [-0.2, -0.15) is 0 Å². The van der Waals surface area contributed by atoms with Crippen molar-refractivity contribution in [3.8, 4) is 0 Å². The van der Waals surface area contributed by atoms with Gasteiger partial charge in [-0.25, -0.2) is 0 Å². The molecule has 1 heterocycles. The van der Waals surface area contributed by atoms with Crippen LogP contribution in [-0.2, 0) is 11.2 Å². The second-order valence-electron chi connectivity index (χ2n) is 4.74. The fourth-order valence-electron chi connectivity index (χ4n) is 2.37. The summed E-state index contributed by atoms with van der Waals surface area (Å²) >= 11 is 9.54. The van der Waals surface area contributed by atoms with E-state index in [1.54, 1.807) is 0 Å². The van der Waals surface area contributed by atoms with Crippen molar-refractivity contribution in [1.82, 2.24) is 4.90 Å². The summed E-state index contributed by atoms with van der Waals surface area (Å²) < 4.78 is 0. The summed E-state index contributed by atoms with van der Waals surface area (Å²) in [6.07, 6.45) is 2.69. The van der Waals surface area contributed by atoms with E-state index in [1.807, 2.05) is 29.2 Å². The van der Waals surface area contributed by atoms with Crippen molar-refractivity contribution in [2.24, 2.45) is 5.92 Å². The summed E-state index contributed by atoms with van der Waals surface area (Å²) in [6, 6.07) is 7.57. The summed E-state index contributed by atoms with van der Waals surface area (Å²) in [4.78, 5) is 14.1. The number of halogens is 2. The number of carbonyl (C=O) groups is 1. The second-order valence-corrected chi connectivity index (χ2v) is 5.94. The first-order chi connectivity index (χ1) is 8.70. The number of likely N-dealkylation sites (tertiary alicyclic amines) is 1. The zero-order valence-corrected chi connectivity index (χ0v) is 12.6. The van der Waals surface area contributed by atoms with Crippen molar-refractivity contribution in [3.05, 3.63) is 34.9 Å². The number of carbonyl (C=O) groups excluding carboxylic acids is 1. The van der Waals surface area contributed by atoms with E-state index in [4.69, 9.17) is 11.6 Å². The molecule has 1 unspecified atom stereocenters. The van der Waals surface area contributed by atoms with Crippen LogP contribution in [0.1, 0.15) is 18.4 Å². The van der Waals surface area contributed by atoms with Gasteiger partial charge in [-0.1, -0.05) is 45.7 Å². The Labute approximate surface area is 121 Å². The molecule has 1 atom stereocenters. The summed E-state index contributed by atoms with van der Waals surface area (Å²) in [6.45, 7) is 1.79. The minimum atomic E-state index is 0.195. The van der Waals surface area contributed by atoms with Gasteiger partial charge in [-0.15, -0.1) is 0 Å². The zero-order valence-electron chi connectivity index (χ0n) is 10.2. The molecule has 0 aliphatic carbocycles. The van der Waals surface area contributed by atoms with Crippen molar-refractivity contribution in [2.75, 3.05) is 18.4 Å². The van der Waals surface area contributed by atoms with E-state index in [1.165, 1.54) is 0 Å². The Kier molecular flexibility index (Phi) is 5.07. The Balaban J connectivity index is 1.91. The fraction of sp³-hybridized carbons (Fsp3) is 0.500. The summed E-state index contributed by atoms with van der Waals surface area (Å²) in [5.41, 5.74) is 0.924. The molecule has 4 heteroatoms. The molecule has 0 radical (unpaired) electrons. The molecule has 2 rings (SSSR count). The molecule has 2 nitrogen and oxygen atoms in total. The second kappa shape index (κ2) is 6.58. The standard InChI is InChI=1S/C14H17BrClNO/c15-7-5-11-6-8-17(10-11)14(18)9-12-3-1-2-4-13(12)16/h1-4,11H,5-10H2. The van der Waals surface area contributed by atoms with Gasteiger partial charge < -0.3 is 4.90 Å². The smallest absolute Gasteiger partial charge is 0.227 e. The van der Waals surface area contributed by atoms with Crippen molar-refractivity contribution in [3.63, 3.8) is 0 Å². The highest BCUT2D eigenvalue weighted by atomic mass is 79.9. The van der Waals surface area contributed by atoms with Crippen LogP contribution >= 0.6 is 27.5 Å². The minimum absolute atomic E-state index is 0.195. The lowest BCUT2D eigenvalue weighted by Gasteiger charge is -2.16. The van der Waals surface area contributed by atoms with Gasteiger partial charge in [-0.05, 0) is 30.4 Å². The molecule has 98 valence electrons. The van der Waals surface area contributed by atoms with Gasteiger partial charge in [0.1, 0.15) is 0 Å². The molecule has 18 heavy (non-hydrogen) atoms. The number of hydrogen-bond acceptors (Lipinski definition) is 1. The van der Waals surface area contributed by atoms with Crippen molar-refractivity contribution < 1.29 is 4.79 Å². The van der Waals surface area contributed by atoms with Gasteiger partial charge in [0, 0.05) is 23.4 Å². The maximum Gasteiger partial charge on any atom is 0.227 e. The Morgan fingerprint density at radius 2 is 2.22 bits per heavy atom. The van der Waals surface area contributed by atoms with E-state index < -0.39 is 0 Å². The monoisotopic (exact) mass is 329 g/mol. The highest BCUT2D eigenvalue weighted by Crippen LogP contribution is 2.22. The van der Waals surface area contributed by atoms with Crippen LogP contribution in [0.5, 0.6) is 0 Å². The topological polar surface area (TPSA) is 20.3 Å². The molecule has 1 fully saturated rings. The van der Waals surface area contributed by atoms with Gasteiger partial charge in [-0.3, -0.25) is 4.79 Å². The Bertz CT molecular complexity index is 424. The van der Waals surface area contributed by atoms with Crippen LogP contribution in [0.3, 0.4) is 0 Å². The number of amides is 1. The van der Waals surface area contributed by atoms with Gasteiger partial charge in [0.2, 0.25) is 5.91 Å². The molecular formula is C14H17BrClNO. The zero-order chi connectivity index (χ0) is 13.0. The number of rotatable bonds is 4. The maximum absolute atomic E-state index is 12.2. The highest BCUT2D eigenvalue weighted by molar-refractivity contribution is 9.09. The van der Waals surface area contributed by atoms with Crippen LogP contribution in [-0.4, -0.2) is 29.2 Å². The molecule has 1 saturated heterocycles. The number of hydrogen-bond donors (Lipinski definition) is 0. The summed E-state index contributed by atoms with van der Waals surface area (Å²) in [5.74, 6) is 0.847. The third kappa shape index (κ3) is 3.48. The van der Waals surface area contributed by atoms with Crippen LogP contribution in [0.4, 0.5) is 0 Å². The predicted molar refractivity (Wildman–Crippen MR) is 78.3 cm³/mol. The van der Waals surface area contributed by atoms with Crippen molar-refractivity contribution in [2.45, 2.75) is 19.3 Å². The first-order valence-electron chi connectivity index (χ1n) is 6.28. The Morgan fingerprint density at radius 3 is 2.94 bits per heavy atom. The van der Waals surface area contributed by atoms with Crippen LogP contribution in [0.15, 0.2) is 24.3 Å². The van der Waals surface area contributed by atoms with Gasteiger partial charge in [0.15, 0.2) is 0 Å². The maximum atomic E-state index is 12.2. The molecule has 0 bridgehead atoms. The SMILES string of the molecule is O=C(Cc1ccccc1Cl)N1CCC(CCBr)C1. The molecule has 0 spiro atoms. The van der Waals surface area contributed by atoms with Crippen LogP contribution in [0.2, 0.25) is 5.02 Å². The molecule has 0 aromatic heterocycles. The molecule has 1 aromatic rings. The lowest BCUT2D eigenvalue weighted by atomic mass is 10.1. The average Bonchev–Trinajstić information content (AvgIpc) is 2.81. The molecule has 1 amide bonds. The Hall–Kier alpha value is -0.540. The predicted octanol–water partition coefficient (Wildman–Crippen LogP) is 3.52. The number of alkyl halides is 1. The van der Waals surface area contributed by atoms with E-state index in [-0.39, 0.29) is 5.91 Å². The van der Waals surface area contributed by atoms with E-state index in [0.717, 1.165) is 36.8 Å². The molecule has 1 aliphatic rings. The minimum Gasteiger partial charge on any atom is -0.342 e. The number of benzene rings is 1. The molecular weight excluding hydrogens is 314 g/mol. The summed E-state index contributed by atoms with van der Waals surface area (Å²) in [7, 11) is 0. The summed E-state index contributed by atoms with van der Waals surface area (Å²) in [5, 5.41) is 1.70. The van der Waals surface area contributed by atoms with Gasteiger partial charge in [0.25, 0.3) is 0 Å². The molecule has 0 N–H and O–H groups in total. The quantitative estimate of drug-likeness (QED) is 0.774. The largest absolute Gasteiger partial charge is 0.342 e. The van der Waals surface area contributed by atoms with E-state index in [0.29, 0.717) is 17.4 Å².